The molecule has 0 aromatic heterocycles. The predicted molar refractivity (Wildman–Crippen MR) is 105 cm³/mol. The highest BCUT2D eigenvalue weighted by Crippen LogP contribution is 2.35. The molecule has 0 saturated carbocycles. The van der Waals surface area contributed by atoms with E-state index in [2.05, 4.69) is 41.4 Å². The zero-order chi connectivity index (χ0) is 17.5. The minimum atomic E-state index is -0.214. The first-order chi connectivity index (χ1) is 12.8. The second-order valence-corrected chi connectivity index (χ2v) is 6.50. The van der Waals surface area contributed by atoms with Crippen LogP contribution in [0.25, 0.3) is 40.5 Å². The molecule has 1 aliphatic carbocycles. The van der Waals surface area contributed by atoms with E-state index in [4.69, 9.17) is 0 Å². The molecule has 5 rings (SSSR count). The lowest BCUT2D eigenvalue weighted by atomic mass is 9.90. The van der Waals surface area contributed by atoms with Crippen LogP contribution in [0.15, 0.2) is 71.9 Å². The highest BCUT2D eigenvalue weighted by Gasteiger charge is 2.18. The van der Waals surface area contributed by atoms with Gasteiger partial charge in [0.1, 0.15) is 5.82 Å². The van der Waals surface area contributed by atoms with Crippen LogP contribution in [0.1, 0.15) is 17.5 Å². The monoisotopic (exact) mass is 337 g/mol. The van der Waals surface area contributed by atoms with Crippen LogP contribution < -0.4 is 10.6 Å². The van der Waals surface area contributed by atoms with Crippen molar-refractivity contribution in [2.45, 2.75) is 6.42 Å². The van der Waals surface area contributed by atoms with E-state index >= 15 is 0 Å². The van der Waals surface area contributed by atoms with Crippen molar-refractivity contribution < 1.29 is 4.39 Å². The van der Waals surface area contributed by atoms with Crippen LogP contribution in [0.4, 0.5) is 4.39 Å². The third-order valence-electron chi connectivity index (χ3n) is 5.00. The molecule has 0 bridgehead atoms. The van der Waals surface area contributed by atoms with E-state index in [9.17, 15) is 4.39 Å². The van der Waals surface area contributed by atoms with Gasteiger partial charge in [0.25, 0.3) is 0 Å². The van der Waals surface area contributed by atoms with Crippen molar-refractivity contribution in [2.75, 3.05) is 0 Å². The lowest BCUT2D eigenvalue weighted by Crippen LogP contribution is -2.30. The Labute approximate surface area is 151 Å². The minimum absolute atomic E-state index is 0.214. The number of benzene rings is 3. The average molecular weight is 337 g/mol. The molecule has 2 aliphatic rings. The van der Waals surface area contributed by atoms with Crippen LogP contribution in [-0.4, -0.2) is 0 Å². The van der Waals surface area contributed by atoms with Crippen LogP contribution in [0, 0.1) is 5.82 Å². The fraction of sp³-hybridized carbons (Fsp3) is 0.0417. The van der Waals surface area contributed by atoms with E-state index in [0.29, 0.717) is 5.56 Å². The van der Waals surface area contributed by atoms with Crippen LogP contribution in [0.2, 0.25) is 0 Å². The van der Waals surface area contributed by atoms with Crippen LogP contribution >= 0.6 is 0 Å². The first-order valence-electron chi connectivity index (χ1n) is 8.75. The summed E-state index contributed by atoms with van der Waals surface area (Å²) in [7, 11) is 0. The molecule has 1 nitrogen and oxygen atoms in total. The molecule has 0 unspecified atom stereocenters. The number of hydrogen-bond acceptors (Lipinski definition) is 1. The highest BCUT2D eigenvalue weighted by atomic mass is 19.1. The summed E-state index contributed by atoms with van der Waals surface area (Å²) in [6.07, 6.45) is 11.0. The van der Waals surface area contributed by atoms with E-state index in [1.165, 1.54) is 0 Å². The van der Waals surface area contributed by atoms with Gasteiger partial charge in [-0.05, 0) is 40.8 Å². The number of rotatable bonds is 1. The van der Waals surface area contributed by atoms with Gasteiger partial charge < -0.3 is 0 Å². The first kappa shape index (κ1) is 15.0. The molecule has 1 heterocycles. The molecule has 2 heteroatoms. The maximum Gasteiger partial charge on any atom is 0.131 e. The Morgan fingerprint density at radius 2 is 1.69 bits per heavy atom. The average Bonchev–Trinajstić information content (AvgIpc) is 2.89. The van der Waals surface area contributed by atoms with Crippen molar-refractivity contribution in [3.63, 3.8) is 0 Å². The Morgan fingerprint density at radius 1 is 0.846 bits per heavy atom. The molecule has 26 heavy (non-hydrogen) atoms. The van der Waals surface area contributed by atoms with E-state index < -0.39 is 0 Å². The molecule has 0 fully saturated rings. The fourth-order valence-corrected chi connectivity index (χ4v) is 3.80. The van der Waals surface area contributed by atoms with Crippen molar-refractivity contribution in [1.82, 2.24) is 0 Å². The number of nitrogens with zero attached hydrogens (tertiary/aromatic N) is 1. The zero-order valence-electron chi connectivity index (χ0n) is 14.1. The third-order valence-corrected chi connectivity index (χ3v) is 5.00. The summed E-state index contributed by atoms with van der Waals surface area (Å²) in [6.45, 7) is 0. The van der Waals surface area contributed by atoms with Gasteiger partial charge in [0.15, 0.2) is 0 Å². The van der Waals surface area contributed by atoms with Crippen LogP contribution in [0.5, 0.6) is 0 Å². The summed E-state index contributed by atoms with van der Waals surface area (Å²) < 4.78 is 15.0. The second-order valence-electron chi connectivity index (χ2n) is 6.50. The van der Waals surface area contributed by atoms with Crippen LogP contribution in [-0.2, 0) is 0 Å². The maximum absolute atomic E-state index is 15.0. The summed E-state index contributed by atoms with van der Waals surface area (Å²) in [5.41, 5.74) is 5.59. The van der Waals surface area contributed by atoms with Crippen molar-refractivity contribution >= 4 is 18.2 Å². The van der Waals surface area contributed by atoms with Gasteiger partial charge >= 0.3 is 0 Å². The van der Waals surface area contributed by atoms with Crippen molar-refractivity contribution in [3.8, 4) is 22.3 Å². The smallest absolute Gasteiger partial charge is 0.131 e. The molecule has 0 atom stereocenters. The summed E-state index contributed by atoms with van der Waals surface area (Å²) in [6, 6.07) is 17.6. The van der Waals surface area contributed by atoms with Gasteiger partial charge in [-0.15, -0.1) is 0 Å². The molecule has 0 saturated heterocycles. The molecule has 0 amide bonds. The number of allylic oxidation sites excluding steroid dienone is 1. The Morgan fingerprint density at radius 3 is 2.58 bits per heavy atom. The van der Waals surface area contributed by atoms with Crippen molar-refractivity contribution in [3.05, 3.63) is 94.4 Å². The zero-order valence-corrected chi connectivity index (χ0v) is 14.1. The van der Waals surface area contributed by atoms with E-state index in [-0.39, 0.29) is 5.82 Å². The van der Waals surface area contributed by atoms with E-state index in [1.807, 2.05) is 36.4 Å². The van der Waals surface area contributed by atoms with Gasteiger partial charge in [-0.3, -0.25) is 4.99 Å². The number of fused-ring (bicyclic) bond motifs is 5. The second kappa shape index (κ2) is 5.92. The molecular formula is C24H16FN. The van der Waals surface area contributed by atoms with Gasteiger partial charge in [-0.1, -0.05) is 66.8 Å². The molecule has 1 aliphatic heterocycles. The summed E-state index contributed by atoms with van der Waals surface area (Å²) in [5.74, 6) is -0.214. The molecule has 0 radical (unpaired) electrons. The maximum atomic E-state index is 15.0. The van der Waals surface area contributed by atoms with Crippen molar-refractivity contribution in [2.24, 2.45) is 4.99 Å². The minimum Gasteiger partial charge on any atom is -0.256 e. The highest BCUT2D eigenvalue weighted by molar-refractivity contribution is 5.87. The quantitative estimate of drug-likeness (QED) is 0.595. The molecule has 3 aromatic carbocycles. The Balaban J connectivity index is 1.87. The largest absolute Gasteiger partial charge is 0.256 e. The summed E-state index contributed by atoms with van der Waals surface area (Å²) in [4.78, 5) is 4.68. The molecule has 124 valence electrons. The molecular weight excluding hydrogens is 321 g/mol. The topological polar surface area (TPSA) is 12.4 Å². The number of halogens is 1. The van der Waals surface area contributed by atoms with Gasteiger partial charge in [-0.2, -0.15) is 0 Å². The summed E-state index contributed by atoms with van der Waals surface area (Å²) >= 11 is 0. The lowest BCUT2D eigenvalue weighted by molar-refractivity contribution is 0.631. The SMILES string of the molecule is Fc1ccc(-c2ccccc2)c2c1-c1ccc3c(c1=NC=C2)=CCC=C3. The Kier molecular flexibility index (Phi) is 3.42. The van der Waals surface area contributed by atoms with Gasteiger partial charge in [0, 0.05) is 22.5 Å². The molecule has 3 aromatic rings. The Hall–Kier alpha value is -3.26. The fourth-order valence-electron chi connectivity index (χ4n) is 3.80. The van der Waals surface area contributed by atoms with Gasteiger partial charge in [-0.25, -0.2) is 4.39 Å². The predicted octanol–water partition coefficient (Wildman–Crippen LogP) is 4.96. The summed E-state index contributed by atoms with van der Waals surface area (Å²) in [5, 5.41) is 1.94. The molecule has 0 N–H and O–H groups in total. The number of hydrogen-bond donors (Lipinski definition) is 0. The van der Waals surface area contributed by atoms with Crippen molar-refractivity contribution in [1.29, 1.82) is 0 Å². The normalized spacial score (nSPS) is 13.7. The molecule has 0 spiro atoms. The van der Waals surface area contributed by atoms with E-state index in [0.717, 1.165) is 44.8 Å². The first-order valence-corrected chi connectivity index (χ1v) is 8.75. The van der Waals surface area contributed by atoms with Crippen LogP contribution in [0.3, 0.4) is 0 Å². The van der Waals surface area contributed by atoms with Gasteiger partial charge in [0.2, 0.25) is 0 Å². The van der Waals surface area contributed by atoms with Gasteiger partial charge in [0.05, 0.1) is 5.36 Å². The third kappa shape index (κ3) is 2.26. The lowest BCUT2D eigenvalue weighted by Gasteiger charge is -2.14. The standard InChI is InChI=1S/C24H16FN/c25-22-13-12-18(16-6-2-1-3-7-16)20-14-15-26-24-19-9-5-4-8-17(19)10-11-21(24)23(20)22/h1-4,6-15H,5H2. The van der Waals surface area contributed by atoms with E-state index in [1.54, 1.807) is 12.3 Å². The Bertz CT molecular complexity index is 1200.